The van der Waals surface area contributed by atoms with Crippen molar-refractivity contribution < 1.29 is 14.3 Å². The van der Waals surface area contributed by atoms with E-state index in [1.807, 2.05) is 41.3 Å². The molecule has 144 valence electrons. The number of amides is 2. The van der Waals surface area contributed by atoms with E-state index in [2.05, 4.69) is 24.0 Å². The highest BCUT2D eigenvalue weighted by Gasteiger charge is 2.45. The second kappa shape index (κ2) is 7.60. The van der Waals surface area contributed by atoms with Crippen LogP contribution in [0.25, 0.3) is 0 Å². The van der Waals surface area contributed by atoms with Crippen molar-refractivity contribution in [3.05, 3.63) is 77.9 Å². The number of carbonyl (C=O) groups excluding carboxylic acids is 2. The van der Waals surface area contributed by atoms with E-state index < -0.39 is 0 Å². The zero-order valence-electron chi connectivity index (χ0n) is 15.8. The Bertz CT molecular complexity index is 898. The standard InChI is InChI=1S/C23H24N2O3/c1-2-21(26)24-15-17-7-9-18(10-8-17)22(27)25-16-23(11-13-28-14-12-23)19-5-3-4-6-20(19)25/h2-10H,1,11-16H2,(H,24,26). The third kappa shape index (κ3) is 3.34. The molecule has 1 saturated heterocycles. The third-order valence-corrected chi connectivity index (χ3v) is 5.78. The number of anilines is 1. The Morgan fingerprint density at radius 1 is 1.11 bits per heavy atom. The summed E-state index contributed by atoms with van der Waals surface area (Å²) in [4.78, 5) is 26.5. The van der Waals surface area contributed by atoms with E-state index >= 15 is 0 Å². The van der Waals surface area contributed by atoms with Crippen molar-refractivity contribution in [3.63, 3.8) is 0 Å². The average molecular weight is 376 g/mol. The molecule has 0 aromatic heterocycles. The molecule has 2 aliphatic heterocycles. The van der Waals surface area contributed by atoms with Gasteiger partial charge in [-0.15, -0.1) is 0 Å². The van der Waals surface area contributed by atoms with Crippen LogP contribution in [-0.2, 0) is 21.5 Å². The van der Waals surface area contributed by atoms with Crippen LogP contribution < -0.4 is 10.2 Å². The van der Waals surface area contributed by atoms with Crippen molar-refractivity contribution in [3.8, 4) is 0 Å². The molecule has 0 atom stereocenters. The fourth-order valence-electron chi connectivity index (χ4n) is 4.18. The lowest BCUT2D eigenvalue weighted by atomic mass is 9.76. The van der Waals surface area contributed by atoms with Gasteiger partial charge in [0.25, 0.3) is 5.91 Å². The maximum Gasteiger partial charge on any atom is 0.258 e. The van der Waals surface area contributed by atoms with Crippen LogP contribution in [0.3, 0.4) is 0 Å². The van der Waals surface area contributed by atoms with Crippen LogP contribution in [0.2, 0.25) is 0 Å². The van der Waals surface area contributed by atoms with E-state index in [-0.39, 0.29) is 17.2 Å². The van der Waals surface area contributed by atoms with Crippen molar-refractivity contribution in [2.75, 3.05) is 24.7 Å². The maximum absolute atomic E-state index is 13.3. The minimum absolute atomic E-state index is 0.000582. The van der Waals surface area contributed by atoms with E-state index in [1.165, 1.54) is 11.6 Å². The highest BCUT2D eigenvalue weighted by atomic mass is 16.5. The summed E-state index contributed by atoms with van der Waals surface area (Å²) in [6.07, 6.45) is 3.13. The first-order valence-electron chi connectivity index (χ1n) is 9.61. The fraction of sp³-hybridized carbons (Fsp3) is 0.304. The van der Waals surface area contributed by atoms with Gasteiger partial charge in [0.1, 0.15) is 0 Å². The third-order valence-electron chi connectivity index (χ3n) is 5.78. The molecule has 4 rings (SSSR count). The van der Waals surface area contributed by atoms with Gasteiger partial charge in [0, 0.05) is 43.0 Å². The second-order valence-corrected chi connectivity index (χ2v) is 7.42. The zero-order valence-corrected chi connectivity index (χ0v) is 15.8. The van der Waals surface area contributed by atoms with Crippen LogP contribution in [0.15, 0.2) is 61.2 Å². The smallest absolute Gasteiger partial charge is 0.258 e. The number of ether oxygens (including phenoxy) is 1. The van der Waals surface area contributed by atoms with E-state index in [0.29, 0.717) is 18.7 Å². The molecule has 28 heavy (non-hydrogen) atoms. The molecule has 2 aromatic carbocycles. The van der Waals surface area contributed by atoms with Crippen molar-refractivity contribution in [1.29, 1.82) is 0 Å². The predicted molar refractivity (Wildman–Crippen MR) is 108 cm³/mol. The van der Waals surface area contributed by atoms with Crippen molar-refractivity contribution in [2.45, 2.75) is 24.8 Å². The van der Waals surface area contributed by atoms with Crippen LogP contribution in [-0.4, -0.2) is 31.6 Å². The molecule has 1 N–H and O–H groups in total. The van der Waals surface area contributed by atoms with Gasteiger partial charge < -0.3 is 15.0 Å². The molecule has 0 unspecified atom stereocenters. The Hall–Kier alpha value is -2.92. The minimum atomic E-state index is -0.212. The summed E-state index contributed by atoms with van der Waals surface area (Å²) < 4.78 is 5.57. The molecule has 5 nitrogen and oxygen atoms in total. The summed E-state index contributed by atoms with van der Waals surface area (Å²) in [7, 11) is 0. The molecular weight excluding hydrogens is 352 g/mol. The lowest BCUT2D eigenvalue weighted by molar-refractivity contribution is -0.116. The van der Waals surface area contributed by atoms with Crippen LogP contribution in [0.4, 0.5) is 5.69 Å². The Morgan fingerprint density at radius 3 is 2.54 bits per heavy atom. The van der Waals surface area contributed by atoms with Gasteiger partial charge in [-0.1, -0.05) is 36.9 Å². The second-order valence-electron chi connectivity index (χ2n) is 7.42. The number of para-hydroxylation sites is 1. The molecule has 2 aromatic rings. The number of benzene rings is 2. The quantitative estimate of drug-likeness (QED) is 0.834. The average Bonchev–Trinajstić information content (AvgIpc) is 3.06. The van der Waals surface area contributed by atoms with Gasteiger partial charge in [-0.05, 0) is 48.2 Å². The topological polar surface area (TPSA) is 58.6 Å². The lowest BCUT2D eigenvalue weighted by Gasteiger charge is -2.34. The van der Waals surface area contributed by atoms with Crippen molar-refractivity contribution in [2.24, 2.45) is 0 Å². The molecule has 2 aliphatic rings. The molecule has 0 radical (unpaired) electrons. The Kier molecular flexibility index (Phi) is 5.01. The van der Waals surface area contributed by atoms with Gasteiger partial charge in [-0.2, -0.15) is 0 Å². The number of fused-ring (bicyclic) bond motifs is 2. The molecular formula is C23H24N2O3. The van der Waals surface area contributed by atoms with Crippen LogP contribution in [0.5, 0.6) is 0 Å². The molecule has 1 fully saturated rings. The van der Waals surface area contributed by atoms with Crippen molar-refractivity contribution in [1.82, 2.24) is 5.32 Å². The highest BCUT2D eigenvalue weighted by molar-refractivity contribution is 6.07. The van der Waals surface area contributed by atoms with Crippen LogP contribution >= 0.6 is 0 Å². The molecule has 2 amide bonds. The lowest BCUT2D eigenvalue weighted by Crippen LogP contribution is -2.40. The minimum Gasteiger partial charge on any atom is -0.381 e. The molecule has 0 bridgehead atoms. The summed E-state index contributed by atoms with van der Waals surface area (Å²) in [5.41, 5.74) is 3.86. The summed E-state index contributed by atoms with van der Waals surface area (Å²) >= 11 is 0. The van der Waals surface area contributed by atoms with Gasteiger partial charge in [0.15, 0.2) is 0 Å². The first-order chi connectivity index (χ1) is 13.6. The predicted octanol–water partition coefficient (Wildman–Crippen LogP) is 3.20. The molecule has 2 heterocycles. The van der Waals surface area contributed by atoms with Gasteiger partial charge >= 0.3 is 0 Å². The maximum atomic E-state index is 13.3. The van der Waals surface area contributed by atoms with E-state index in [9.17, 15) is 9.59 Å². The summed E-state index contributed by atoms with van der Waals surface area (Å²) in [5.74, 6) is -0.201. The van der Waals surface area contributed by atoms with Gasteiger partial charge in [0.2, 0.25) is 5.91 Å². The number of nitrogens with zero attached hydrogens (tertiary/aromatic N) is 1. The summed E-state index contributed by atoms with van der Waals surface area (Å²) in [6.45, 7) is 6.03. The van der Waals surface area contributed by atoms with Gasteiger partial charge in [0.05, 0.1) is 0 Å². The number of carbonyl (C=O) groups is 2. The summed E-state index contributed by atoms with van der Waals surface area (Å²) in [5, 5.41) is 2.74. The number of rotatable bonds is 4. The summed E-state index contributed by atoms with van der Waals surface area (Å²) in [6, 6.07) is 15.6. The Morgan fingerprint density at radius 2 is 1.82 bits per heavy atom. The van der Waals surface area contributed by atoms with Gasteiger partial charge in [-0.3, -0.25) is 9.59 Å². The van der Waals surface area contributed by atoms with Gasteiger partial charge in [-0.25, -0.2) is 0 Å². The fourth-order valence-corrected chi connectivity index (χ4v) is 4.18. The Labute approximate surface area is 165 Å². The highest BCUT2D eigenvalue weighted by Crippen LogP contribution is 2.46. The van der Waals surface area contributed by atoms with Crippen LogP contribution in [0, 0.1) is 0 Å². The van der Waals surface area contributed by atoms with Crippen molar-refractivity contribution >= 4 is 17.5 Å². The molecule has 0 aliphatic carbocycles. The monoisotopic (exact) mass is 376 g/mol. The van der Waals surface area contributed by atoms with E-state index in [1.54, 1.807) is 0 Å². The van der Waals surface area contributed by atoms with Crippen LogP contribution in [0.1, 0.15) is 34.3 Å². The number of hydrogen-bond donors (Lipinski definition) is 1. The zero-order chi connectivity index (χ0) is 19.6. The number of hydrogen-bond acceptors (Lipinski definition) is 3. The SMILES string of the molecule is C=CC(=O)NCc1ccc(C(=O)N2CC3(CCOCC3)c3ccccc32)cc1. The van der Waals surface area contributed by atoms with E-state index in [0.717, 1.165) is 37.3 Å². The van der Waals surface area contributed by atoms with E-state index in [4.69, 9.17) is 4.74 Å². The number of nitrogens with one attached hydrogen (secondary N) is 1. The molecule has 0 saturated carbocycles. The normalized spacial score (nSPS) is 17.2. The molecule has 5 heteroatoms. The molecule has 1 spiro atoms. The Balaban J connectivity index is 1.55. The first-order valence-corrected chi connectivity index (χ1v) is 9.61. The first kappa shape index (κ1) is 18.4. The largest absolute Gasteiger partial charge is 0.381 e.